The zero-order valence-corrected chi connectivity index (χ0v) is 9.23. The minimum atomic E-state index is 0.600. The van der Waals surface area contributed by atoms with E-state index in [-0.39, 0.29) is 0 Å². The van der Waals surface area contributed by atoms with E-state index in [0.29, 0.717) is 6.04 Å². The molecule has 0 aromatic rings. The normalized spacial score (nSPS) is 11.1. The van der Waals surface area contributed by atoms with Crippen molar-refractivity contribution in [2.75, 3.05) is 32.8 Å². The largest absolute Gasteiger partial charge is 0.380 e. The number of rotatable bonds is 9. The van der Waals surface area contributed by atoms with Crippen molar-refractivity contribution in [1.29, 1.82) is 0 Å². The zero-order valence-electron chi connectivity index (χ0n) is 9.23. The fourth-order valence-electron chi connectivity index (χ4n) is 1.02. The standard InChI is InChI=1S/C10H24N2O/c1-4-13-9-8-11-6-5-7-12-10(2)3/h10-12H,4-9H2,1-3H3. The van der Waals surface area contributed by atoms with Gasteiger partial charge in [-0.2, -0.15) is 0 Å². The lowest BCUT2D eigenvalue weighted by molar-refractivity contribution is 0.149. The molecule has 0 unspecified atom stereocenters. The lowest BCUT2D eigenvalue weighted by Crippen LogP contribution is -2.28. The van der Waals surface area contributed by atoms with Crippen molar-refractivity contribution in [3.63, 3.8) is 0 Å². The lowest BCUT2D eigenvalue weighted by atomic mass is 10.3. The van der Waals surface area contributed by atoms with Crippen LogP contribution in [0.3, 0.4) is 0 Å². The quantitative estimate of drug-likeness (QED) is 0.530. The molecule has 3 nitrogen and oxygen atoms in total. The van der Waals surface area contributed by atoms with Crippen LogP contribution in [0.1, 0.15) is 27.2 Å². The summed E-state index contributed by atoms with van der Waals surface area (Å²) in [5.41, 5.74) is 0. The first kappa shape index (κ1) is 12.9. The van der Waals surface area contributed by atoms with Crippen molar-refractivity contribution in [2.45, 2.75) is 33.2 Å². The molecule has 0 aromatic heterocycles. The number of nitrogens with one attached hydrogen (secondary N) is 2. The molecular formula is C10H24N2O. The maximum Gasteiger partial charge on any atom is 0.0590 e. The van der Waals surface area contributed by atoms with E-state index in [1.54, 1.807) is 0 Å². The molecule has 0 aliphatic heterocycles. The van der Waals surface area contributed by atoms with E-state index in [9.17, 15) is 0 Å². The van der Waals surface area contributed by atoms with E-state index in [1.165, 1.54) is 6.42 Å². The van der Waals surface area contributed by atoms with Crippen LogP contribution in [-0.4, -0.2) is 38.9 Å². The van der Waals surface area contributed by atoms with Gasteiger partial charge in [-0.3, -0.25) is 0 Å². The van der Waals surface area contributed by atoms with Crippen LogP contribution in [0.4, 0.5) is 0 Å². The highest BCUT2D eigenvalue weighted by Crippen LogP contribution is 1.79. The minimum absolute atomic E-state index is 0.600. The average Bonchev–Trinajstić information content (AvgIpc) is 2.09. The van der Waals surface area contributed by atoms with Gasteiger partial charge in [-0.25, -0.2) is 0 Å². The fourth-order valence-corrected chi connectivity index (χ4v) is 1.02. The molecule has 0 radical (unpaired) electrons. The molecule has 0 atom stereocenters. The Hall–Kier alpha value is -0.120. The monoisotopic (exact) mass is 188 g/mol. The Bertz CT molecular complexity index is 96.9. The van der Waals surface area contributed by atoms with Crippen LogP contribution in [0.25, 0.3) is 0 Å². The number of hydrogen-bond donors (Lipinski definition) is 2. The predicted octanol–water partition coefficient (Wildman–Crippen LogP) is 1.00. The highest BCUT2D eigenvalue weighted by molar-refractivity contribution is 4.54. The smallest absolute Gasteiger partial charge is 0.0590 e. The van der Waals surface area contributed by atoms with Gasteiger partial charge in [0, 0.05) is 19.2 Å². The van der Waals surface area contributed by atoms with E-state index in [2.05, 4.69) is 24.5 Å². The van der Waals surface area contributed by atoms with Gasteiger partial charge in [0.1, 0.15) is 0 Å². The van der Waals surface area contributed by atoms with E-state index in [1.807, 2.05) is 6.92 Å². The molecule has 0 heterocycles. The van der Waals surface area contributed by atoms with Gasteiger partial charge in [0.15, 0.2) is 0 Å². The average molecular weight is 188 g/mol. The second-order valence-electron chi connectivity index (χ2n) is 3.41. The van der Waals surface area contributed by atoms with Crippen LogP contribution >= 0.6 is 0 Å². The summed E-state index contributed by atoms with van der Waals surface area (Å²) in [5, 5.41) is 6.71. The van der Waals surface area contributed by atoms with Crippen LogP contribution < -0.4 is 10.6 Å². The second kappa shape index (κ2) is 9.96. The van der Waals surface area contributed by atoms with Crippen molar-refractivity contribution in [3.8, 4) is 0 Å². The molecule has 0 aliphatic rings. The Morgan fingerprint density at radius 2 is 1.92 bits per heavy atom. The molecule has 0 spiro atoms. The minimum Gasteiger partial charge on any atom is -0.380 e. The first-order valence-corrected chi connectivity index (χ1v) is 5.29. The Morgan fingerprint density at radius 3 is 2.54 bits per heavy atom. The van der Waals surface area contributed by atoms with Crippen molar-refractivity contribution >= 4 is 0 Å². The Morgan fingerprint density at radius 1 is 1.15 bits per heavy atom. The van der Waals surface area contributed by atoms with E-state index in [0.717, 1.165) is 32.8 Å². The Labute approximate surface area is 82.2 Å². The summed E-state index contributed by atoms with van der Waals surface area (Å²) in [6.07, 6.45) is 1.18. The summed E-state index contributed by atoms with van der Waals surface area (Å²) in [4.78, 5) is 0. The molecule has 0 aromatic carbocycles. The summed E-state index contributed by atoms with van der Waals surface area (Å²) in [6.45, 7) is 11.1. The summed E-state index contributed by atoms with van der Waals surface area (Å²) < 4.78 is 5.20. The molecule has 0 saturated heterocycles. The van der Waals surface area contributed by atoms with Gasteiger partial charge in [0.2, 0.25) is 0 Å². The molecule has 3 heteroatoms. The van der Waals surface area contributed by atoms with Crippen molar-refractivity contribution in [2.24, 2.45) is 0 Å². The van der Waals surface area contributed by atoms with E-state index < -0.39 is 0 Å². The van der Waals surface area contributed by atoms with Crippen LogP contribution in [0.15, 0.2) is 0 Å². The maximum atomic E-state index is 5.20. The van der Waals surface area contributed by atoms with Gasteiger partial charge in [-0.1, -0.05) is 13.8 Å². The van der Waals surface area contributed by atoms with Crippen molar-refractivity contribution in [3.05, 3.63) is 0 Å². The third kappa shape index (κ3) is 11.9. The SMILES string of the molecule is CCOCCNCCCNC(C)C. The van der Waals surface area contributed by atoms with Gasteiger partial charge in [0.05, 0.1) is 6.61 Å². The van der Waals surface area contributed by atoms with E-state index >= 15 is 0 Å². The van der Waals surface area contributed by atoms with Crippen LogP contribution in [0, 0.1) is 0 Å². The van der Waals surface area contributed by atoms with Crippen LogP contribution in [0.2, 0.25) is 0 Å². The molecule has 0 amide bonds. The Balaban J connectivity index is 2.84. The Kier molecular flexibility index (Phi) is 9.87. The van der Waals surface area contributed by atoms with Gasteiger partial charge >= 0.3 is 0 Å². The third-order valence-corrected chi connectivity index (χ3v) is 1.71. The number of hydrogen-bond acceptors (Lipinski definition) is 3. The highest BCUT2D eigenvalue weighted by Gasteiger charge is 1.91. The third-order valence-electron chi connectivity index (χ3n) is 1.71. The number of ether oxygens (including phenoxy) is 1. The van der Waals surface area contributed by atoms with Gasteiger partial charge in [0.25, 0.3) is 0 Å². The second-order valence-corrected chi connectivity index (χ2v) is 3.41. The highest BCUT2D eigenvalue weighted by atomic mass is 16.5. The summed E-state index contributed by atoms with van der Waals surface area (Å²) in [5.74, 6) is 0. The molecule has 0 rings (SSSR count). The summed E-state index contributed by atoms with van der Waals surface area (Å²) in [6, 6.07) is 0.600. The van der Waals surface area contributed by atoms with Crippen molar-refractivity contribution < 1.29 is 4.74 Å². The molecule has 0 aliphatic carbocycles. The predicted molar refractivity (Wildman–Crippen MR) is 57.1 cm³/mol. The molecule has 13 heavy (non-hydrogen) atoms. The first-order chi connectivity index (χ1) is 6.27. The zero-order chi connectivity index (χ0) is 9.94. The molecule has 2 N–H and O–H groups in total. The summed E-state index contributed by atoms with van der Waals surface area (Å²) in [7, 11) is 0. The van der Waals surface area contributed by atoms with Crippen LogP contribution in [0.5, 0.6) is 0 Å². The first-order valence-electron chi connectivity index (χ1n) is 5.29. The topological polar surface area (TPSA) is 33.3 Å². The van der Waals surface area contributed by atoms with Crippen molar-refractivity contribution in [1.82, 2.24) is 10.6 Å². The van der Waals surface area contributed by atoms with Gasteiger partial charge in [-0.15, -0.1) is 0 Å². The molecule has 0 bridgehead atoms. The molecule has 0 fully saturated rings. The fraction of sp³-hybridized carbons (Fsp3) is 1.00. The van der Waals surface area contributed by atoms with Gasteiger partial charge in [-0.05, 0) is 26.4 Å². The summed E-state index contributed by atoms with van der Waals surface area (Å²) >= 11 is 0. The molecule has 0 saturated carbocycles. The van der Waals surface area contributed by atoms with Gasteiger partial charge < -0.3 is 15.4 Å². The maximum absolute atomic E-state index is 5.20. The van der Waals surface area contributed by atoms with Crippen LogP contribution in [-0.2, 0) is 4.74 Å². The molecule has 80 valence electrons. The lowest BCUT2D eigenvalue weighted by Gasteiger charge is -2.08. The molecular weight excluding hydrogens is 164 g/mol. The van der Waals surface area contributed by atoms with E-state index in [4.69, 9.17) is 4.74 Å².